The molecule has 1 heterocycles. The summed E-state index contributed by atoms with van der Waals surface area (Å²) in [6.07, 6.45) is 1.42. The lowest BCUT2D eigenvalue weighted by atomic mass is 10.1. The molecular weight excluding hydrogens is 164 g/mol. The van der Waals surface area contributed by atoms with Crippen molar-refractivity contribution < 1.29 is 14.3 Å². The normalized spacial score (nSPS) is 12.4. The van der Waals surface area contributed by atoms with Crippen LogP contribution in [0, 0.1) is 0 Å². The van der Waals surface area contributed by atoms with Gasteiger partial charge in [-0.25, -0.2) is 0 Å². The summed E-state index contributed by atoms with van der Waals surface area (Å²) in [4.78, 5) is 10.5. The van der Waals surface area contributed by atoms with E-state index in [0.29, 0.717) is 5.76 Å². The van der Waals surface area contributed by atoms with E-state index in [9.17, 15) is 4.79 Å². The van der Waals surface area contributed by atoms with Gasteiger partial charge in [-0.1, -0.05) is 12.2 Å². The third kappa shape index (κ3) is 1.65. The molecule has 1 rings (SSSR count). The molecule has 1 N–H and O–H groups in total. The predicted octanol–water partition coefficient (Wildman–Crippen LogP) is 1.45. The minimum Gasteiger partial charge on any atom is -0.480 e. The van der Waals surface area contributed by atoms with E-state index in [4.69, 9.17) is 9.52 Å². The number of carboxylic acid groups (broad SMARTS) is 1. The molecule has 1 aromatic rings. The largest absolute Gasteiger partial charge is 0.480 e. The number of furan rings is 1. The fourth-order valence-corrected chi connectivity index (χ4v) is 0.966. The Labute approximate surface area is 68.6 Å². The first kappa shape index (κ1) is 7.94. The van der Waals surface area contributed by atoms with Gasteiger partial charge in [-0.15, -0.1) is 0 Å². The van der Waals surface area contributed by atoms with Gasteiger partial charge in [0.2, 0.25) is 0 Å². The van der Waals surface area contributed by atoms with Gasteiger partial charge in [0, 0.05) is 5.37 Å². The molecule has 1 aromatic heterocycles. The van der Waals surface area contributed by atoms with Crippen LogP contribution in [0.25, 0.3) is 0 Å². The van der Waals surface area contributed by atoms with Crippen LogP contribution in [0.3, 0.4) is 0 Å². The van der Waals surface area contributed by atoms with Crippen molar-refractivity contribution in [3.8, 4) is 0 Å². The molecule has 0 amide bonds. The zero-order chi connectivity index (χ0) is 8.27. The van der Waals surface area contributed by atoms with E-state index in [0.717, 1.165) is 0 Å². The molecule has 58 valence electrons. The van der Waals surface area contributed by atoms with E-state index < -0.39 is 11.9 Å². The van der Waals surface area contributed by atoms with Crippen LogP contribution in [0.4, 0.5) is 0 Å². The minimum absolute atomic E-state index is 0.368. The van der Waals surface area contributed by atoms with Crippen molar-refractivity contribution in [2.45, 2.75) is 5.92 Å². The Morgan fingerprint density at radius 3 is 2.91 bits per heavy atom. The Hall–Kier alpha value is -1.16. The van der Waals surface area contributed by atoms with Gasteiger partial charge in [0.25, 0.3) is 0 Å². The summed E-state index contributed by atoms with van der Waals surface area (Å²) in [6.45, 7) is 0. The molecule has 1 atom stereocenters. The van der Waals surface area contributed by atoms with Crippen molar-refractivity contribution in [1.29, 1.82) is 0 Å². The first-order valence-corrected chi connectivity index (χ1v) is 3.44. The smallest absolute Gasteiger partial charge is 0.318 e. The Balaban J connectivity index is 2.88. The molecular formula is C7H6O3S. The second-order valence-electron chi connectivity index (χ2n) is 1.97. The maximum Gasteiger partial charge on any atom is 0.318 e. The Morgan fingerprint density at radius 2 is 2.55 bits per heavy atom. The number of hydrogen-bond donors (Lipinski definition) is 1. The van der Waals surface area contributed by atoms with Crippen LogP contribution in [0.1, 0.15) is 11.7 Å². The topological polar surface area (TPSA) is 50.4 Å². The van der Waals surface area contributed by atoms with E-state index in [1.807, 2.05) is 0 Å². The number of rotatable bonds is 3. The number of carboxylic acids is 1. The Bertz CT molecular complexity index is 253. The summed E-state index contributed by atoms with van der Waals surface area (Å²) >= 11 is 4.53. The quantitative estimate of drug-likeness (QED) is 0.697. The second kappa shape index (κ2) is 3.30. The van der Waals surface area contributed by atoms with Gasteiger partial charge in [-0.05, 0) is 12.1 Å². The number of aliphatic carboxylic acids is 1. The van der Waals surface area contributed by atoms with Crippen LogP contribution in [0.15, 0.2) is 22.8 Å². The molecule has 0 aliphatic carbocycles. The first-order valence-electron chi connectivity index (χ1n) is 2.97. The molecule has 0 saturated carbocycles. The van der Waals surface area contributed by atoms with Crippen LogP contribution in [-0.4, -0.2) is 16.4 Å². The fraction of sp³-hybridized carbons (Fsp3) is 0.143. The van der Waals surface area contributed by atoms with Crippen molar-refractivity contribution in [2.24, 2.45) is 0 Å². The van der Waals surface area contributed by atoms with Gasteiger partial charge in [-0.2, -0.15) is 0 Å². The standard InChI is InChI=1S/C7H6O3S/c8-7(9)5(4-11)6-2-1-3-10-6/h1-5H,(H,8,9). The minimum atomic E-state index is -0.991. The summed E-state index contributed by atoms with van der Waals surface area (Å²) < 4.78 is 4.87. The molecule has 1 unspecified atom stereocenters. The van der Waals surface area contributed by atoms with Gasteiger partial charge >= 0.3 is 5.97 Å². The second-order valence-corrected chi connectivity index (χ2v) is 2.24. The number of thiocarbonyl (C=S) groups is 1. The number of hydrogen-bond acceptors (Lipinski definition) is 3. The molecule has 3 nitrogen and oxygen atoms in total. The average Bonchev–Trinajstić information content (AvgIpc) is 2.40. The SMILES string of the molecule is O=C(O)C(C=S)c1ccco1. The molecule has 0 aromatic carbocycles. The molecule has 4 heteroatoms. The van der Waals surface area contributed by atoms with E-state index in [-0.39, 0.29) is 0 Å². The van der Waals surface area contributed by atoms with Crippen LogP contribution in [-0.2, 0) is 4.79 Å². The molecule has 0 bridgehead atoms. The summed E-state index contributed by atoms with van der Waals surface area (Å²) in [5.74, 6) is -1.43. The highest BCUT2D eigenvalue weighted by atomic mass is 32.1. The zero-order valence-electron chi connectivity index (χ0n) is 5.56. The Kier molecular flexibility index (Phi) is 2.38. The molecule has 0 fully saturated rings. The lowest BCUT2D eigenvalue weighted by molar-refractivity contribution is -0.137. The van der Waals surface area contributed by atoms with Gasteiger partial charge in [-0.3, -0.25) is 4.79 Å². The zero-order valence-corrected chi connectivity index (χ0v) is 6.38. The highest BCUT2D eigenvalue weighted by Crippen LogP contribution is 2.13. The maximum absolute atomic E-state index is 10.5. The fourth-order valence-electron chi connectivity index (χ4n) is 0.715. The van der Waals surface area contributed by atoms with Crippen molar-refractivity contribution in [3.05, 3.63) is 24.2 Å². The molecule has 0 aliphatic rings. The van der Waals surface area contributed by atoms with Gasteiger partial charge in [0.15, 0.2) is 0 Å². The predicted molar refractivity (Wildman–Crippen MR) is 42.7 cm³/mol. The van der Waals surface area contributed by atoms with Gasteiger partial charge < -0.3 is 9.52 Å². The number of carbonyl (C=O) groups is 1. The Morgan fingerprint density at radius 1 is 1.82 bits per heavy atom. The van der Waals surface area contributed by atoms with Crippen molar-refractivity contribution in [1.82, 2.24) is 0 Å². The summed E-state index contributed by atoms with van der Waals surface area (Å²) in [5, 5.41) is 9.75. The molecule has 0 radical (unpaired) electrons. The van der Waals surface area contributed by atoms with Crippen LogP contribution in [0.5, 0.6) is 0 Å². The third-order valence-electron chi connectivity index (χ3n) is 1.25. The molecule has 11 heavy (non-hydrogen) atoms. The third-order valence-corrected chi connectivity index (χ3v) is 1.52. The highest BCUT2D eigenvalue weighted by Gasteiger charge is 2.18. The first-order chi connectivity index (χ1) is 5.25. The lowest BCUT2D eigenvalue weighted by Gasteiger charge is -1.99. The van der Waals surface area contributed by atoms with Crippen LogP contribution in [0.2, 0.25) is 0 Å². The van der Waals surface area contributed by atoms with Crippen molar-refractivity contribution in [3.63, 3.8) is 0 Å². The summed E-state index contributed by atoms with van der Waals surface area (Å²) in [6, 6.07) is 3.21. The van der Waals surface area contributed by atoms with Crippen LogP contribution < -0.4 is 0 Å². The van der Waals surface area contributed by atoms with Gasteiger partial charge in [0.1, 0.15) is 11.7 Å². The summed E-state index contributed by atoms with van der Waals surface area (Å²) in [5.41, 5.74) is 0. The van der Waals surface area contributed by atoms with E-state index in [1.54, 1.807) is 12.1 Å². The maximum atomic E-state index is 10.5. The van der Waals surface area contributed by atoms with E-state index in [1.165, 1.54) is 11.6 Å². The average molecular weight is 170 g/mol. The molecule has 0 spiro atoms. The van der Waals surface area contributed by atoms with Crippen LogP contribution >= 0.6 is 12.2 Å². The van der Waals surface area contributed by atoms with Crippen molar-refractivity contribution >= 4 is 23.6 Å². The summed E-state index contributed by atoms with van der Waals surface area (Å²) in [7, 11) is 0. The molecule has 0 saturated heterocycles. The van der Waals surface area contributed by atoms with E-state index in [2.05, 4.69) is 12.2 Å². The van der Waals surface area contributed by atoms with E-state index >= 15 is 0 Å². The monoisotopic (exact) mass is 170 g/mol. The van der Waals surface area contributed by atoms with Gasteiger partial charge in [0.05, 0.1) is 6.26 Å². The lowest BCUT2D eigenvalue weighted by Crippen LogP contribution is -2.10. The highest BCUT2D eigenvalue weighted by molar-refractivity contribution is 7.79. The van der Waals surface area contributed by atoms with Crippen molar-refractivity contribution in [2.75, 3.05) is 0 Å². The molecule has 0 aliphatic heterocycles.